The van der Waals surface area contributed by atoms with Crippen LogP contribution in [0.15, 0.2) is 59.1 Å². The smallest absolute Gasteiger partial charge is 0.369 e. The summed E-state index contributed by atoms with van der Waals surface area (Å²) in [4.78, 5) is 3.48. The van der Waals surface area contributed by atoms with Gasteiger partial charge < -0.3 is 14.9 Å². The van der Waals surface area contributed by atoms with E-state index in [1.807, 2.05) is 30.3 Å². The van der Waals surface area contributed by atoms with Gasteiger partial charge >= 0.3 is 12.1 Å². The molecule has 1 unspecified atom stereocenters. The maximum atomic E-state index is 12.7. The molecule has 0 amide bonds. The van der Waals surface area contributed by atoms with Gasteiger partial charge in [-0.1, -0.05) is 47.6 Å². The number of nitrogens with zero attached hydrogens (tertiary/aromatic N) is 2. The van der Waals surface area contributed by atoms with E-state index in [1.54, 1.807) is 38.1 Å². The number of alkyl halides is 3. The van der Waals surface area contributed by atoms with E-state index in [0.29, 0.717) is 11.1 Å². The quantitative estimate of drug-likeness (QED) is 0.640. The van der Waals surface area contributed by atoms with Gasteiger partial charge in [-0.2, -0.15) is 18.2 Å². The average Bonchev–Trinajstić information content (AvgIpc) is 3.14. The molecule has 0 radical (unpaired) electrons. The van der Waals surface area contributed by atoms with E-state index in [1.165, 1.54) is 0 Å². The van der Waals surface area contributed by atoms with Crippen LogP contribution >= 0.6 is 0 Å². The van der Waals surface area contributed by atoms with Crippen molar-refractivity contribution < 1.29 is 22.8 Å². The lowest BCUT2D eigenvalue weighted by molar-refractivity contribution is -0.159. The number of rotatable bonds is 5. The third kappa shape index (κ3) is 4.11. The molecule has 1 aromatic heterocycles. The van der Waals surface area contributed by atoms with Gasteiger partial charge in [0.1, 0.15) is 0 Å². The SMILES string of the molecule is CC(C)(c1ccc(C(O)Nc2ccccc2)cc1)c1noc(C(F)(F)F)n1. The number of para-hydroxylation sites is 1. The van der Waals surface area contributed by atoms with E-state index >= 15 is 0 Å². The van der Waals surface area contributed by atoms with Crippen LogP contribution in [-0.2, 0) is 11.6 Å². The Labute approximate surface area is 153 Å². The van der Waals surface area contributed by atoms with Crippen LogP contribution in [0.4, 0.5) is 18.9 Å². The normalized spacial score (nSPS) is 13.4. The summed E-state index contributed by atoms with van der Waals surface area (Å²) < 4.78 is 42.4. The first-order valence-corrected chi connectivity index (χ1v) is 8.19. The molecule has 1 heterocycles. The summed E-state index contributed by atoms with van der Waals surface area (Å²) in [6, 6.07) is 16.1. The molecule has 1 atom stereocenters. The fraction of sp³-hybridized carbons (Fsp3) is 0.263. The lowest BCUT2D eigenvalue weighted by atomic mass is 9.83. The van der Waals surface area contributed by atoms with Crippen molar-refractivity contribution in [2.75, 3.05) is 5.32 Å². The number of aliphatic hydroxyl groups excluding tert-OH is 1. The van der Waals surface area contributed by atoms with E-state index in [4.69, 9.17) is 0 Å². The predicted octanol–water partition coefficient (Wildman–Crippen LogP) is 4.52. The summed E-state index contributed by atoms with van der Waals surface area (Å²) in [6.07, 6.45) is -5.61. The van der Waals surface area contributed by atoms with Gasteiger partial charge in [-0.05, 0) is 31.5 Å². The average molecular weight is 377 g/mol. The molecule has 0 aliphatic carbocycles. The van der Waals surface area contributed by atoms with Crippen LogP contribution < -0.4 is 5.32 Å². The number of hydrogen-bond donors (Lipinski definition) is 2. The van der Waals surface area contributed by atoms with Crippen molar-refractivity contribution in [1.29, 1.82) is 0 Å². The third-order valence-corrected chi connectivity index (χ3v) is 4.25. The minimum atomic E-state index is -4.68. The first-order chi connectivity index (χ1) is 12.7. The van der Waals surface area contributed by atoms with Gasteiger partial charge in [0.2, 0.25) is 0 Å². The van der Waals surface area contributed by atoms with Crippen molar-refractivity contribution in [3.05, 3.63) is 77.4 Å². The highest BCUT2D eigenvalue weighted by atomic mass is 19.4. The van der Waals surface area contributed by atoms with Crippen molar-refractivity contribution >= 4 is 5.69 Å². The summed E-state index contributed by atoms with van der Waals surface area (Å²) in [6.45, 7) is 3.40. The van der Waals surface area contributed by atoms with Crippen LogP contribution in [-0.4, -0.2) is 15.2 Å². The number of halogens is 3. The van der Waals surface area contributed by atoms with Crippen LogP contribution in [0.3, 0.4) is 0 Å². The third-order valence-electron chi connectivity index (χ3n) is 4.25. The number of aliphatic hydroxyl groups is 1. The van der Waals surface area contributed by atoms with Gasteiger partial charge in [-0.15, -0.1) is 0 Å². The molecule has 0 saturated heterocycles. The molecule has 3 rings (SSSR count). The second-order valence-electron chi connectivity index (χ2n) is 6.58. The zero-order chi connectivity index (χ0) is 19.7. The summed E-state index contributed by atoms with van der Waals surface area (Å²) in [5.74, 6) is -1.43. The minimum absolute atomic E-state index is 0.0643. The van der Waals surface area contributed by atoms with Gasteiger partial charge in [0.15, 0.2) is 12.1 Å². The maximum absolute atomic E-state index is 12.7. The summed E-state index contributed by atoms with van der Waals surface area (Å²) in [5.41, 5.74) is 1.17. The Kier molecular flexibility index (Phi) is 4.93. The Morgan fingerprint density at radius 2 is 1.63 bits per heavy atom. The maximum Gasteiger partial charge on any atom is 0.471 e. The van der Waals surface area contributed by atoms with Gasteiger partial charge in [0.25, 0.3) is 0 Å². The summed E-state index contributed by atoms with van der Waals surface area (Å²) >= 11 is 0. The monoisotopic (exact) mass is 377 g/mol. The Morgan fingerprint density at radius 3 is 2.19 bits per heavy atom. The first kappa shape index (κ1) is 18.9. The number of aromatic nitrogens is 2. The molecule has 27 heavy (non-hydrogen) atoms. The summed E-state index contributed by atoms with van der Waals surface area (Å²) in [7, 11) is 0. The topological polar surface area (TPSA) is 71.2 Å². The molecule has 0 saturated carbocycles. The molecule has 0 aliphatic heterocycles. The van der Waals surface area contributed by atoms with E-state index in [0.717, 1.165) is 5.69 Å². The predicted molar refractivity (Wildman–Crippen MR) is 92.9 cm³/mol. The van der Waals surface area contributed by atoms with Crippen LogP contribution in [0.5, 0.6) is 0 Å². The standard InChI is InChI=1S/C19H18F3N3O2/c1-18(2,16-24-17(27-25-16)19(20,21)22)13-10-8-12(9-11-13)15(26)23-14-6-4-3-5-7-14/h3-11,15,23,26H,1-2H3. The van der Waals surface area contributed by atoms with Crippen molar-refractivity contribution in [2.24, 2.45) is 0 Å². The van der Waals surface area contributed by atoms with E-state index in [-0.39, 0.29) is 5.82 Å². The van der Waals surface area contributed by atoms with Crippen molar-refractivity contribution in [2.45, 2.75) is 31.7 Å². The Bertz CT molecular complexity index is 891. The Hall–Kier alpha value is -2.87. The molecular formula is C19H18F3N3O2. The molecule has 0 fully saturated rings. The molecule has 142 valence electrons. The summed E-state index contributed by atoms with van der Waals surface area (Å²) in [5, 5.41) is 16.7. The zero-order valence-electron chi connectivity index (χ0n) is 14.7. The van der Waals surface area contributed by atoms with Crippen molar-refractivity contribution in [1.82, 2.24) is 10.1 Å². The minimum Gasteiger partial charge on any atom is -0.369 e. The molecule has 8 heteroatoms. The number of hydrogen-bond acceptors (Lipinski definition) is 5. The zero-order valence-corrected chi connectivity index (χ0v) is 14.7. The lowest BCUT2D eigenvalue weighted by Crippen LogP contribution is -2.21. The highest BCUT2D eigenvalue weighted by Gasteiger charge is 2.40. The molecular weight excluding hydrogens is 359 g/mol. The number of benzene rings is 2. The lowest BCUT2D eigenvalue weighted by Gasteiger charge is -2.22. The second kappa shape index (κ2) is 7.03. The van der Waals surface area contributed by atoms with Gasteiger partial charge in [0.05, 0.1) is 5.41 Å². The second-order valence-corrected chi connectivity index (χ2v) is 6.58. The molecule has 2 aromatic carbocycles. The molecule has 0 aliphatic rings. The van der Waals surface area contributed by atoms with Crippen LogP contribution in [0.1, 0.15) is 42.9 Å². The highest BCUT2D eigenvalue weighted by molar-refractivity contribution is 5.45. The van der Waals surface area contributed by atoms with Gasteiger partial charge in [0, 0.05) is 11.3 Å². The highest BCUT2D eigenvalue weighted by Crippen LogP contribution is 2.33. The molecule has 0 spiro atoms. The largest absolute Gasteiger partial charge is 0.471 e. The Morgan fingerprint density at radius 1 is 1.00 bits per heavy atom. The van der Waals surface area contributed by atoms with Crippen molar-refractivity contribution in [3.8, 4) is 0 Å². The van der Waals surface area contributed by atoms with Crippen LogP contribution in [0.25, 0.3) is 0 Å². The van der Waals surface area contributed by atoms with Gasteiger partial charge in [-0.25, -0.2) is 0 Å². The van der Waals surface area contributed by atoms with Crippen LogP contribution in [0, 0.1) is 0 Å². The molecule has 2 N–H and O–H groups in total. The van der Waals surface area contributed by atoms with Crippen LogP contribution in [0.2, 0.25) is 0 Å². The first-order valence-electron chi connectivity index (χ1n) is 8.19. The van der Waals surface area contributed by atoms with Gasteiger partial charge in [-0.3, -0.25) is 0 Å². The fourth-order valence-corrected chi connectivity index (χ4v) is 2.58. The fourth-order valence-electron chi connectivity index (χ4n) is 2.58. The van der Waals surface area contributed by atoms with Crippen molar-refractivity contribution in [3.63, 3.8) is 0 Å². The van der Waals surface area contributed by atoms with E-state index in [9.17, 15) is 18.3 Å². The number of anilines is 1. The Balaban J connectivity index is 1.78. The molecule has 3 aromatic rings. The molecule has 5 nitrogen and oxygen atoms in total. The van der Waals surface area contributed by atoms with E-state index < -0.39 is 23.7 Å². The molecule has 0 bridgehead atoms. The number of nitrogens with one attached hydrogen (secondary N) is 1. The van der Waals surface area contributed by atoms with E-state index in [2.05, 4.69) is 20.0 Å².